The molecule has 78 valence electrons. The molecule has 3 nitrogen and oxygen atoms in total. The molecule has 1 aromatic heterocycles. The Bertz CT molecular complexity index is 483. The monoisotopic (exact) mass is 201 g/mol. The minimum absolute atomic E-state index is 0.703. The molecule has 0 unspecified atom stereocenters. The lowest BCUT2D eigenvalue weighted by molar-refractivity contribution is 0.961. The van der Waals surface area contributed by atoms with Crippen LogP contribution in [0.25, 0.3) is 10.9 Å². The lowest BCUT2D eigenvalue weighted by atomic mass is 10.0. The number of aromatic nitrogens is 2. The standard InChI is InChI=1S/C12H15N3/c13-7-6-8-2-1-3-10-11(8)12(15-14-10)9-4-5-9/h1-3,9H,4-7,13H2,(H,14,15). The van der Waals surface area contributed by atoms with Gasteiger partial charge in [-0.15, -0.1) is 0 Å². The number of rotatable bonds is 3. The predicted octanol–water partition coefficient (Wildman–Crippen LogP) is 1.94. The molecule has 1 fully saturated rings. The van der Waals surface area contributed by atoms with Crippen LogP contribution in [0.4, 0.5) is 0 Å². The Morgan fingerprint density at radius 3 is 3.00 bits per heavy atom. The first-order valence-corrected chi connectivity index (χ1v) is 5.56. The molecule has 3 rings (SSSR count). The smallest absolute Gasteiger partial charge is 0.0926 e. The molecule has 0 spiro atoms. The summed E-state index contributed by atoms with van der Waals surface area (Å²) in [6.07, 6.45) is 3.54. The third-order valence-electron chi connectivity index (χ3n) is 3.09. The van der Waals surface area contributed by atoms with Crippen molar-refractivity contribution in [2.24, 2.45) is 5.73 Å². The summed E-state index contributed by atoms with van der Waals surface area (Å²) in [5, 5.41) is 8.87. The van der Waals surface area contributed by atoms with Crippen LogP contribution in [0.3, 0.4) is 0 Å². The van der Waals surface area contributed by atoms with Gasteiger partial charge in [0, 0.05) is 17.0 Å². The molecule has 0 saturated heterocycles. The second kappa shape index (κ2) is 3.35. The molecule has 3 N–H and O–H groups in total. The van der Waals surface area contributed by atoms with Crippen LogP contribution in [0.15, 0.2) is 18.2 Å². The van der Waals surface area contributed by atoms with Gasteiger partial charge in [-0.3, -0.25) is 5.10 Å². The highest BCUT2D eigenvalue weighted by molar-refractivity contribution is 5.85. The van der Waals surface area contributed by atoms with Crippen LogP contribution in [0.2, 0.25) is 0 Å². The summed E-state index contributed by atoms with van der Waals surface area (Å²) in [7, 11) is 0. The molecular weight excluding hydrogens is 186 g/mol. The molecular formula is C12H15N3. The van der Waals surface area contributed by atoms with Crippen LogP contribution in [0, 0.1) is 0 Å². The quantitative estimate of drug-likeness (QED) is 0.797. The molecule has 0 atom stereocenters. The maximum atomic E-state index is 5.63. The number of hydrogen-bond acceptors (Lipinski definition) is 2. The lowest BCUT2D eigenvalue weighted by Gasteiger charge is -2.02. The molecule has 3 heteroatoms. The average molecular weight is 201 g/mol. The van der Waals surface area contributed by atoms with E-state index < -0.39 is 0 Å². The first kappa shape index (κ1) is 8.92. The van der Waals surface area contributed by atoms with Crippen molar-refractivity contribution < 1.29 is 0 Å². The SMILES string of the molecule is NCCc1cccc2n[nH]c(C3CC3)c12. The molecule has 0 amide bonds. The third-order valence-corrected chi connectivity index (χ3v) is 3.09. The van der Waals surface area contributed by atoms with E-state index in [1.165, 1.54) is 29.5 Å². The van der Waals surface area contributed by atoms with Gasteiger partial charge in [-0.2, -0.15) is 5.10 Å². The van der Waals surface area contributed by atoms with Crippen LogP contribution < -0.4 is 5.73 Å². The predicted molar refractivity (Wildman–Crippen MR) is 60.8 cm³/mol. The minimum atomic E-state index is 0.703. The highest BCUT2D eigenvalue weighted by atomic mass is 15.1. The Balaban J connectivity index is 2.19. The Labute approximate surface area is 88.7 Å². The fourth-order valence-corrected chi connectivity index (χ4v) is 2.20. The summed E-state index contributed by atoms with van der Waals surface area (Å²) in [5.74, 6) is 0.717. The van der Waals surface area contributed by atoms with E-state index >= 15 is 0 Å². The Morgan fingerprint density at radius 2 is 2.27 bits per heavy atom. The second-order valence-electron chi connectivity index (χ2n) is 4.26. The van der Waals surface area contributed by atoms with E-state index in [1.807, 2.05) is 0 Å². The van der Waals surface area contributed by atoms with E-state index in [4.69, 9.17) is 5.73 Å². The Kier molecular flexibility index (Phi) is 1.99. The van der Waals surface area contributed by atoms with Crippen molar-refractivity contribution in [1.82, 2.24) is 10.2 Å². The molecule has 2 aromatic rings. The molecule has 0 radical (unpaired) electrons. The van der Waals surface area contributed by atoms with Crippen molar-refractivity contribution in [3.05, 3.63) is 29.5 Å². The number of aromatic amines is 1. The lowest BCUT2D eigenvalue weighted by Crippen LogP contribution is -2.03. The summed E-state index contributed by atoms with van der Waals surface area (Å²) < 4.78 is 0. The second-order valence-corrected chi connectivity index (χ2v) is 4.26. The van der Waals surface area contributed by atoms with Crippen molar-refractivity contribution in [2.45, 2.75) is 25.2 Å². The fourth-order valence-electron chi connectivity index (χ4n) is 2.20. The first-order valence-electron chi connectivity index (χ1n) is 5.56. The van der Waals surface area contributed by atoms with Gasteiger partial charge in [0.1, 0.15) is 0 Å². The largest absolute Gasteiger partial charge is 0.330 e. The zero-order valence-corrected chi connectivity index (χ0v) is 8.66. The van der Waals surface area contributed by atoms with Crippen LogP contribution in [0.1, 0.15) is 30.0 Å². The summed E-state index contributed by atoms with van der Waals surface area (Å²) in [4.78, 5) is 0. The van der Waals surface area contributed by atoms with E-state index in [-0.39, 0.29) is 0 Å². The van der Waals surface area contributed by atoms with Gasteiger partial charge in [0.05, 0.1) is 5.52 Å². The van der Waals surface area contributed by atoms with Crippen LogP contribution >= 0.6 is 0 Å². The molecule has 1 aliphatic carbocycles. The van der Waals surface area contributed by atoms with Crippen molar-refractivity contribution in [3.8, 4) is 0 Å². The van der Waals surface area contributed by atoms with Crippen molar-refractivity contribution in [1.29, 1.82) is 0 Å². The van der Waals surface area contributed by atoms with Gasteiger partial charge in [-0.1, -0.05) is 12.1 Å². The summed E-state index contributed by atoms with van der Waals surface area (Å²) in [6.45, 7) is 0.703. The number of benzene rings is 1. The maximum Gasteiger partial charge on any atom is 0.0926 e. The number of H-pyrrole nitrogens is 1. The third kappa shape index (κ3) is 1.43. The van der Waals surface area contributed by atoms with Gasteiger partial charge in [0.2, 0.25) is 0 Å². The highest BCUT2D eigenvalue weighted by Gasteiger charge is 2.28. The van der Waals surface area contributed by atoms with E-state index in [2.05, 4.69) is 28.4 Å². The fraction of sp³-hybridized carbons (Fsp3) is 0.417. The van der Waals surface area contributed by atoms with Crippen molar-refractivity contribution in [3.63, 3.8) is 0 Å². The first-order chi connectivity index (χ1) is 7.40. The minimum Gasteiger partial charge on any atom is -0.330 e. The van der Waals surface area contributed by atoms with Gasteiger partial charge >= 0.3 is 0 Å². The highest BCUT2D eigenvalue weighted by Crippen LogP contribution is 2.42. The van der Waals surface area contributed by atoms with Gasteiger partial charge in [0.25, 0.3) is 0 Å². The molecule has 1 saturated carbocycles. The van der Waals surface area contributed by atoms with Gasteiger partial charge < -0.3 is 5.73 Å². The molecule has 0 aliphatic heterocycles. The molecule has 1 aromatic carbocycles. The normalized spacial score (nSPS) is 16.1. The van der Waals surface area contributed by atoms with Crippen molar-refractivity contribution in [2.75, 3.05) is 6.54 Å². The molecule has 1 heterocycles. The van der Waals surface area contributed by atoms with E-state index in [9.17, 15) is 0 Å². The number of nitrogens with two attached hydrogens (primary N) is 1. The van der Waals surface area contributed by atoms with Crippen LogP contribution in [-0.2, 0) is 6.42 Å². The Hall–Kier alpha value is -1.35. The zero-order valence-electron chi connectivity index (χ0n) is 8.66. The van der Waals surface area contributed by atoms with Gasteiger partial charge in [0.15, 0.2) is 0 Å². The maximum absolute atomic E-state index is 5.63. The summed E-state index contributed by atoms with van der Waals surface area (Å²) >= 11 is 0. The average Bonchev–Trinajstić information content (AvgIpc) is 3.00. The molecule has 1 aliphatic rings. The van der Waals surface area contributed by atoms with Gasteiger partial charge in [-0.25, -0.2) is 0 Å². The number of hydrogen-bond donors (Lipinski definition) is 2. The summed E-state index contributed by atoms with van der Waals surface area (Å²) in [6, 6.07) is 6.29. The summed E-state index contributed by atoms with van der Waals surface area (Å²) in [5.41, 5.74) is 9.38. The van der Waals surface area contributed by atoms with Crippen LogP contribution in [0.5, 0.6) is 0 Å². The molecule has 15 heavy (non-hydrogen) atoms. The van der Waals surface area contributed by atoms with E-state index in [1.54, 1.807) is 0 Å². The Morgan fingerprint density at radius 1 is 1.40 bits per heavy atom. The number of nitrogens with zero attached hydrogens (tertiary/aromatic N) is 1. The van der Waals surface area contributed by atoms with Crippen LogP contribution in [-0.4, -0.2) is 16.7 Å². The van der Waals surface area contributed by atoms with E-state index in [0.717, 1.165) is 11.9 Å². The number of nitrogens with one attached hydrogen (secondary N) is 1. The number of fused-ring (bicyclic) bond motifs is 1. The van der Waals surface area contributed by atoms with Crippen molar-refractivity contribution >= 4 is 10.9 Å². The zero-order chi connectivity index (χ0) is 10.3. The van der Waals surface area contributed by atoms with Gasteiger partial charge in [-0.05, 0) is 37.4 Å². The topological polar surface area (TPSA) is 54.7 Å². The molecule has 0 bridgehead atoms. The van der Waals surface area contributed by atoms with E-state index in [0.29, 0.717) is 12.5 Å².